The van der Waals surface area contributed by atoms with Gasteiger partial charge in [0.15, 0.2) is 11.5 Å². The highest BCUT2D eigenvalue weighted by Gasteiger charge is 2.32. The minimum Gasteiger partial charge on any atom is -0.478 e. The van der Waals surface area contributed by atoms with E-state index in [2.05, 4.69) is 14.8 Å². The molecule has 1 amide bonds. The van der Waals surface area contributed by atoms with Crippen LogP contribution in [0.5, 0.6) is 11.5 Å². The molecule has 2 aromatic rings. The minimum absolute atomic E-state index is 0.0106. The van der Waals surface area contributed by atoms with Gasteiger partial charge in [-0.2, -0.15) is 17.6 Å². The Hall–Kier alpha value is -3.54. The molecular weight excluding hydrogens is 458 g/mol. The molecular formula is C20H13F4NO6S. The van der Waals surface area contributed by atoms with Gasteiger partial charge in [0.05, 0.1) is 11.3 Å². The zero-order valence-corrected chi connectivity index (χ0v) is 16.8. The number of benzene rings is 2. The summed E-state index contributed by atoms with van der Waals surface area (Å²) in [5, 5.41) is 11.0. The molecule has 168 valence electrons. The predicted octanol–water partition coefficient (Wildman–Crippen LogP) is 4.63. The van der Waals surface area contributed by atoms with E-state index in [0.717, 1.165) is 12.1 Å². The monoisotopic (exact) mass is 471 g/mol. The van der Waals surface area contributed by atoms with Crippen molar-refractivity contribution in [2.24, 2.45) is 0 Å². The molecule has 1 aliphatic rings. The first kappa shape index (κ1) is 23.1. The molecule has 0 spiro atoms. The summed E-state index contributed by atoms with van der Waals surface area (Å²) in [6.45, 7) is -5.41. The van der Waals surface area contributed by atoms with Gasteiger partial charge in [0.25, 0.3) is 5.91 Å². The number of aromatic carboxylic acids is 1. The molecule has 12 heteroatoms. The number of ether oxygens (including phenoxy) is 2. The maximum Gasteiger partial charge on any atom is 0.387 e. The molecule has 7 nitrogen and oxygen atoms in total. The second kappa shape index (κ2) is 9.30. The van der Waals surface area contributed by atoms with E-state index in [1.165, 1.54) is 31.2 Å². The first-order chi connectivity index (χ1) is 15.1. The largest absolute Gasteiger partial charge is 0.478 e. The summed E-state index contributed by atoms with van der Waals surface area (Å²) < 4.78 is 59.2. The van der Waals surface area contributed by atoms with Gasteiger partial charge in [-0.15, -0.1) is 0 Å². The van der Waals surface area contributed by atoms with Crippen molar-refractivity contribution in [1.29, 1.82) is 0 Å². The van der Waals surface area contributed by atoms with Crippen LogP contribution < -0.4 is 14.8 Å². The minimum atomic E-state index is -3.36. The number of hydrogen-bond donors (Lipinski definition) is 2. The number of hydrogen-bond acceptors (Lipinski definition) is 6. The third kappa shape index (κ3) is 4.85. The number of alkyl halides is 4. The van der Waals surface area contributed by atoms with Crippen LogP contribution in [0.25, 0.3) is 5.57 Å². The van der Waals surface area contributed by atoms with Gasteiger partial charge >= 0.3 is 19.2 Å². The van der Waals surface area contributed by atoms with Gasteiger partial charge in [0.2, 0.25) is 5.12 Å². The fraction of sp³-hybridized carbons (Fsp3) is 0.150. The van der Waals surface area contributed by atoms with E-state index in [9.17, 15) is 37.1 Å². The molecule has 0 saturated heterocycles. The Morgan fingerprint density at radius 3 is 2.22 bits per heavy atom. The van der Waals surface area contributed by atoms with Crippen LogP contribution in [0.15, 0.2) is 46.9 Å². The maximum absolute atomic E-state index is 12.7. The summed E-state index contributed by atoms with van der Waals surface area (Å²) in [5.41, 5.74) is -0.514. The number of nitrogens with one attached hydrogen (secondary N) is 1. The van der Waals surface area contributed by atoms with Crippen molar-refractivity contribution in [3.8, 4) is 11.5 Å². The number of anilines is 1. The van der Waals surface area contributed by atoms with E-state index in [1.807, 2.05) is 0 Å². The van der Waals surface area contributed by atoms with Crippen LogP contribution in [0.3, 0.4) is 0 Å². The van der Waals surface area contributed by atoms with Gasteiger partial charge in [0, 0.05) is 21.6 Å². The Kier molecular flexibility index (Phi) is 6.72. The molecule has 0 radical (unpaired) electrons. The van der Waals surface area contributed by atoms with Crippen molar-refractivity contribution in [3.05, 3.63) is 53.1 Å². The number of fused-ring (bicyclic) bond motifs is 1. The van der Waals surface area contributed by atoms with Crippen LogP contribution in [-0.4, -0.2) is 35.3 Å². The van der Waals surface area contributed by atoms with E-state index >= 15 is 0 Å². The average Bonchev–Trinajstić information content (AvgIpc) is 3.01. The fourth-order valence-corrected chi connectivity index (χ4v) is 3.92. The van der Waals surface area contributed by atoms with Crippen molar-refractivity contribution in [3.63, 3.8) is 0 Å². The van der Waals surface area contributed by atoms with Crippen LogP contribution in [0.4, 0.5) is 23.2 Å². The lowest BCUT2D eigenvalue weighted by Gasteiger charge is -2.14. The van der Waals surface area contributed by atoms with Gasteiger partial charge in [-0.3, -0.25) is 9.59 Å². The van der Waals surface area contributed by atoms with Gasteiger partial charge in [-0.25, -0.2) is 4.79 Å². The molecule has 32 heavy (non-hydrogen) atoms. The second-order valence-electron chi connectivity index (χ2n) is 6.25. The third-order valence-electron chi connectivity index (χ3n) is 4.28. The van der Waals surface area contributed by atoms with Gasteiger partial charge in [-0.05, 0) is 43.0 Å². The fourth-order valence-electron chi connectivity index (χ4n) is 2.92. The van der Waals surface area contributed by atoms with Crippen molar-refractivity contribution < 1.29 is 46.5 Å². The Balaban J connectivity index is 2.03. The number of carboxylic acid groups (broad SMARTS) is 1. The normalized spacial score (nSPS) is 14.4. The standard InChI is InChI=1S/C20H13F4NO6S/c1-8(16(26)25-11-5-3-2-4-9(11)17(27)28)15-10-6-12(30-19(21)22)13(31-20(23)24)7-14(10)32-18(15)29/h2-7,19-20H,1H3,(H,25,26)(H,27,28)/b15-8-. The number of thioether (sulfide) groups is 1. The van der Waals surface area contributed by atoms with Crippen LogP contribution in [0.2, 0.25) is 0 Å². The summed E-state index contributed by atoms with van der Waals surface area (Å²) in [7, 11) is 0. The van der Waals surface area contributed by atoms with E-state index in [-0.39, 0.29) is 32.9 Å². The number of rotatable bonds is 7. The molecule has 3 rings (SSSR count). The first-order valence-corrected chi connectivity index (χ1v) is 9.55. The molecule has 0 fully saturated rings. The first-order valence-electron chi connectivity index (χ1n) is 8.73. The smallest absolute Gasteiger partial charge is 0.387 e. The zero-order chi connectivity index (χ0) is 23.6. The molecule has 0 unspecified atom stereocenters. The number of halogens is 4. The molecule has 0 atom stereocenters. The molecule has 0 saturated carbocycles. The van der Waals surface area contributed by atoms with E-state index in [0.29, 0.717) is 11.8 Å². The van der Waals surface area contributed by atoms with Crippen molar-refractivity contribution in [2.45, 2.75) is 25.0 Å². The molecule has 0 aromatic heterocycles. The predicted molar refractivity (Wildman–Crippen MR) is 105 cm³/mol. The van der Waals surface area contributed by atoms with Gasteiger partial charge in [0.1, 0.15) is 0 Å². The topological polar surface area (TPSA) is 102 Å². The van der Waals surface area contributed by atoms with E-state index < -0.39 is 41.7 Å². The average molecular weight is 471 g/mol. The van der Waals surface area contributed by atoms with Crippen molar-refractivity contribution >= 4 is 40.0 Å². The molecule has 0 aliphatic carbocycles. The zero-order valence-electron chi connectivity index (χ0n) is 16.0. The molecule has 1 aliphatic heterocycles. The Bertz CT molecular complexity index is 1140. The van der Waals surface area contributed by atoms with Crippen LogP contribution in [-0.2, 0) is 9.59 Å². The number of carbonyl (C=O) groups excluding carboxylic acids is 2. The second-order valence-corrected chi connectivity index (χ2v) is 7.26. The SMILES string of the molecule is C/C(C(=O)Nc1ccccc1C(=O)O)=C1/C(=O)Sc2cc(OC(F)F)c(OC(F)F)cc21. The highest BCUT2D eigenvalue weighted by atomic mass is 32.2. The number of carboxylic acids is 1. The Morgan fingerprint density at radius 1 is 1.03 bits per heavy atom. The van der Waals surface area contributed by atoms with Crippen LogP contribution in [0.1, 0.15) is 22.8 Å². The van der Waals surface area contributed by atoms with Crippen LogP contribution >= 0.6 is 11.8 Å². The lowest BCUT2D eigenvalue weighted by Crippen LogP contribution is -2.17. The summed E-state index contributed by atoms with van der Waals surface area (Å²) in [4.78, 5) is 36.6. The lowest BCUT2D eigenvalue weighted by atomic mass is 10.0. The Morgan fingerprint density at radius 2 is 1.62 bits per heavy atom. The van der Waals surface area contributed by atoms with Crippen molar-refractivity contribution in [1.82, 2.24) is 0 Å². The molecule has 1 heterocycles. The molecule has 2 N–H and O–H groups in total. The van der Waals surface area contributed by atoms with Gasteiger partial charge < -0.3 is 19.9 Å². The highest BCUT2D eigenvalue weighted by Crippen LogP contribution is 2.47. The number of para-hydroxylation sites is 1. The Labute approximate surface area is 182 Å². The maximum atomic E-state index is 12.7. The van der Waals surface area contributed by atoms with Crippen LogP contribution in [0, 0.1) is 0 Å². The van der Waals surface area contributed by atoms with Crippen molar-refractivity contribution in [2.75, 3.05) is 5.32 Å². The number of carbonyl (C=O) groups is 3. The third-order valence-corrected chi connectivity index (χ3v) is 5.22. The molecule has 0 bridgehead atoms. The summed E-state index contributed by atoms with van der Waals surface area (Å²) in [6, 6.07) is 7.43. The highest BCUT2D eigenvalue weighted by molar-refractivity contribution is 8.15. The summed E-state index contributed by atoms with van der Waals surface area (Å²) >= 11 is 0.589. The summed E-state index contributed by atoms with van der Waals surface area (Å²) in [6.07, 6.45) is 0. The lowest BCUT2D eigenvalue weighted by molar-refractivity contribution is -0.113. The molecule has 2 aromatic carbocycles. The quantitative estimate of drug-likeness (QED) is 0.448. The van der Waals surface area contributed by atoms with Gasteiger partial charge in [-0.1, -0.05) is 12.1 Å². The van der Waals surface area contributed by atoms with E-state index in [4.69, 9.17) is 0 Å². The van der Waals surface area contributed by atoms with E-state index in [1.54, 1.807) is 0 Å². The number of amides is 1. The summed E-state index contributed by atoms with van der Waals surface area (Å²) in [5.74, 6) is -3.54.